The molecule has 0 bridgehead atoms. The number of hydrogen-bond acceptors (Lipinski definition) is 7. The van der Waals surface area contributed by atoms with Gasteiger partial charge in [-0.1, -0.05) is 55.7 Å². The summed E-state index contributed by atoms with van der Waals surface area (Å²) in [6, 6.07) is 21.1. The summed E-state index contributed by atoms with van der Waals surface area (Å²) < 4.78 is 7.90. The Labute approximate surface area is 260 Å². The molecule has 44 heavy (non-hydrogen) atoms. The van der Waals surface area contributed by atoms with E-state index in [4.69, 9.17) is 4.74 Å². The van der Waals surface area contributed by atoms with E-state index in [1.54, 1.807) is 18.2 Å². The Kier molecular flexibility index (Phi) is 8.43. The van der Waals surface area contributed by atoms with Crippen molar-refractivity contribution in [3.05, 3.63) is 98.7 Å². The topological polar surface area (TPSA) is 107 Å². The number of ether oxygens (including phenoxy) is 1. The number of fused-ring (bicyclic) bond motifs is 1. The molecule has 2 amide bonds. The highest BCUT2D eigenvalue weighted by atomic mass is 32.2. The number of aromatic nitrogens is 1. The molecule has 1 aliphatic carbocycles. The minimum absolute atomic E-state index is 0.0361. The van der Waals surface area contributed by atoms with Gasteiger partial charge >= 0.3 is 0 Å². The molecule has 3 aromatic carbocycles. The lowest BCUT2D eigenvalue weighted by Gasteiger charge is -2.24. The molecule has 1 saturated heterocycles. The number of hydrogen-bond donors (Lipinski definition) is 1. The van der Waals surface area contributed by atoms with Crippen molar-refractivity contribution in [1.82, 2.24) is 9.47 Å². The number of nitro groups is 1. The highest BCUT2D eigenvalue weighted by Crippen LogP contribution is 2.36. The first-order chi connectivity index (χ1) is 21.3. The van der Waals surface area contributed by atoms with Gasteiger partial charge in [0.2, 0.25) is 0 Å². The van der Waals surface area contributed by atoms with Crippen molar-refractivity contribution < 1.29 is 19.2 Å². The zero-order chi connectivity index (χ0) is 30.8. The fourth-order valence-corrected chi connectivity index (χ4v) is 6.99. The number of aryl methyl sites for hydroxylation is 1. The van der Waals surface area contributed by atoms with Gasteiger partial charge in [-0.05, 0) is 79.7 Å². The third-order valence-corrected chi connectivity index (χ3v) is 9.26. The number of carbonyl (C=O) groups excluding carboxylic acids is 2. The molecule has 9 nitrogen and oxygen atoms in total. The van der Waals surface area contributed by atoms with Gasteiger partial charge in [-0.2, -0.15) is 0 Å². The summed E-state index contributed by atoms with van der Waals surface area (Å²) in [5, 5.41) is 17.1. The minimum Gasteiger partial charge on any atom is -0.491 e. The Hall–Kier alpha value is -4.57. The van der Waals surface area contributed by atoms with Crippen molar-refractivity contribution in [1.29, 1.82) is 0 Å². The predicted molar refractivity (Wildman–Crippen MR) is 175 cm³/mol. The van der Waals surface area contributed by atoms with E-state index in [2.05, 4.69) is 5.32 Å². The first-order valence-electron chi connectivity index (χ1n) is 14.9. The molecule has 1 aliphatic heterocycles. The third-order valence-electron chi connectivity index (χ3n) is 8.35. The molecule has 0 radical (unpaired) electrons. The largest absolute Gasteiger partial charge is 0.491 e. The van der Waals surface area contributed by atoms with Gasteiger partial charge in [0.25, 0.3) is 16.8 Å². The summed E-state index contributed by atoms with van der Waals surface area (Å²) >= 11 is 0.906. The van der Waals surface area contributed by atoms with E-state index < -0.39 is 0 Å². The Bertz CT molecular complexity index is 1780. The van der Waals surface area contributed by atoms with Crippen molar-refractivity contribution in [2.45, 2.75) is 52.0 Å². The molecule has 226 valence electrons. The quantitative estimate of drug-likeness (QED) is 0.116. The molecule has 2 aliphatic rings. The number of carbonyl (C=O) groups is 2. The first-order valence-corrected chi connectivity index (χ1v) is 15.7. The highest BCUT2D eigenvalue weighted by molar-refractivity contribution is 8.18. The number of thioether (sulfide) groups is 1. The van der Waals surface area contributed by atoms with E-state index in [9.17, 15) is 19.7 Å². The number of nitro benzene ring substituents is 1. The van der Waals surface area contributed by atoms with Crippen LogP contribution < -0.4 is 10.1 Å². The Morgan fingerprint density at radius 3 is 2.59 bits per heavy atom. The van der Waals surface area contributed by atoms with E-state index in [1.165, 1.54) is 11.3 Å². The Balaban J connectivity index is 1.18. The van der Waals surface area contributed by atoms with E-state index in [-0.39, 0.29) is 41.0 Å². The maximum Gasteiger partial charge on any atom is 0.294 e. The molecule has 10 heteroatoms. The van der Waals surface area contributed by atoms with Crippen molar-refractivity contribution >= 4 is 51.1 Å². The summed E-state index contributed by atoms with van der Waals surface area (Å²) in [4.78, 5) is 39.3. The molecule has 2 fully saturated rings. The smallest absolute Gasteiger partial charge is 0.294 e. The fraction of sp³-hybridized carbons (Fsp3) is 0.294. The van der Waals surface area contributed by atoms with E-state index >= 15 is 0 Å². The zero-order valence-corrected chi connectivity index (χ0v) is 25.6. The van der Waals surface area contributed by atoms with E-state index in [1.807, 2.05) is 73.0 Å². The van der Waals surface area contributed by atoms with Crippen LogP contribution in [0.25, 0.3) is 22.5 Å². The second kappa shape index (κ2) is 12.6. The van der Waals surface area contributed by atoms with Gasteiger partial charge < -0.3 is 14.6 Å². The van der Waals surface area contributed by atoms with Gasteiger partial charge in [-0.3, -0.25) is 24.6 Å². The summed E-state index contributed by atoms with van der Waals surface area (Å²) in [6.07, 6.45) is 7.23. The molecule has 6 rings (SSSR count). The normalized spacial score (nSPS) is 16.7. The molecule has 4 aromatic rings. The highest BCUT2D eigenvalue weighted by Gasteiger charge is 2.35. The van der Waals surface area contributed by atoms with Crippen LogP contribution in [0.5, 0.6) is 5.75 Å². The standard InChI is InChI=1S/C34H34N4O5S/c1-22-19-25(23(2)37(22)27-15-16-29(30(21-27)38(41)42)35-26-11-4-3-5-12-26)20-32-33(39)36(34(40)44-32)17-18-43-31-14-8-10-24-9-6-7-13-28(24)31/h6-10,13-16,19-21,26,35H,3-5,11-12,17-18H2,1-2H3/b32-20-. The molecule has 1 saturated carbocycles. The molecule has 0 spiro atoms. The maximum atomic E-state index is 13.2. The number of anilines is 1. The van der Waals surface area contributed by atoms with E-state index in [0.29, 0.717) is 22.0 Å². The lowest BCUT2D eigenvalue weighted by atomic mass is 9.95. The molecular formula is C34H34N4O5S. The van der Waals surface area contributed by atoms with Crippen molar-refractivity contribution in [3.63, 3.8) is 0 Å². The van der Waals surface area contributed by atoms with Gasteiger partial charge in [0.05, 0.1) is 22.1 Å². The second-order valence-electron chi connectivity index (χ2n) is 11.3. The molecule has 0 atom stereocenters. The lowest BCUT2D eigenvalue weighted by Crippen LogP contribution is -2.32. The number of nitrogens with one attached hydrogen (secondary N) is 1. The summed E-state index contributed by atoms with van der Waals surface area (Å²) in [5.41, 5.74) is 3.68. The SMILES string of the molecule is Cc1cc(/C=C2\SC(=O)N(CCOc3cccc4ccccc34)C2=O)c(C)n1-c1ccc(NC2CCCCC2)c([N+](=O)[O-])c1. The van der Waals surface area contributed by atoms with Gasteiger partial charge in [-0.15, -0.1) is 0 Å². The van der Waals surface area contributed by atoms with Crippen LogP contribution in [0, 0.1) is 24.0 Å². The average molecular weight is 611 g/mol. The number of benzene rings is 3. The lowest BCUT2D eigenvalue weighted by molar-refractivity contribution is -0.384. The summed E-state index contributed by atoms with van der Waals surface area (Å²) in [6.45, 7) is 4.13. The van der Waals surface area contributed by atoms with Crippen LogP contribution in [0.15, 0.2) is 71.6 Å². The fourth-order valence-electron chi connectivity index (χ4n) is 6.13. The molecule has 1 N–H and O–H groups in total. The van der Waals surface area contributed by atoms with Crippen molar-refractivity contribution in [2.24, 2.45) is 0 Å². The van der Waals surface area contributed by atoms with Crippen LogP contribution in [0.4, 0.5) is 16.2 Å². The summed E-state index contributed by atoms with van der Waals surface area (Å²) in [7, 11) is 0. The van der Waals surface area contributed by atoms with Crippen LogP contribution in [0.3, 0.4) is 0 Å². The maximum absolute atomic E-state index is 13.2. The van der Waals surface area contributed by atoms with Gasteiger partial charge in [0.15, 0.2) is 0 Å². The minimum atomic E-state index is -0.361. The monoisotopic (exact) mass is 610 g/mol. The van der Waals surface area contributed by atoms with Crippen LogP contribution in [0.1, 0.15) is 49.1 Å². The molecule has 0 unspecified atom stereocenters. The molecule has 2 heterocycles. The summed E-state index contributed by atoms with van der Waals surface area (Å²) in [5.74, 6) is 0.344. The zero-order valence-electron chi connectivity index (χ0n) is 24.7. The van der Waals surface area contributed by atoms with Gasteiger partial charge in [0, 0.05) is 28.9 Å². The average Bonchev–Trinajstić information content (AvgIpc) is 3.45. The third kappa shape index (κ3) is 5.94. The van der Waals surface area contributed by atoms with E-state index in [0.717, 1.165) is 65.2 Å². The molecular weight excluding hydrogens is 576 g/mol. The second-order valence-corrected chi connectivity index (χ2v) is 12.3. The number of nitrogens with zero attached hydrogens (tertiary/aromatic N) is 3. The predicted octanol–water partition coefficient (Wildman–Crippen LogP) is 8.02. The Morgan fingerprint density at radius 2 is 1.80 bits per heavy atom. The first kappa shape index (κ1) is 29.5. The van der Waals surface area contributed by atoms with Crippen LogP contribution in [0.2, 0.25) is 0 Å². The number of amides is 2. The number of rotatable bonds is 9. The Morgan fingerprint density at radius 1 is 1.02 bits per heavy atom. The van der Waals surface area contributed by atoms with Crippen molar-refractivity contribution in [2.75, 3.05) is 18.5 Å². The van der Waals surface area contributed by atoms with Crippen molar-refractivity contribution in [3.8, 4) is 11.4 Å². The van der Waals surface area contributed by atoms with Crippen LogP contribution in [-0.2, 0) is 4.79 Å². The molecule has 1 aromatic heterocycles. The van der Waals surface area contributed by atoms with Gasteiger partial charge in [0.1, 0.15) is 18.0 Å². The number of imide groups is 1. The van der Waals surface area contributed by atoms with Gasteiger partial charge in [-0.25, -0.2) is 0 Å². The van der Waals surface area contributed by atoms with Crippen LogP contribution in [-0.4, -0.2) is 44.7 Å². The van der Waals surface area contributed by atoms with Crippen LogP contribution >= 0.6 is 11.8 Å².